The number of alkyl halides is 6. The van der Waals surface area contributed by atoms with Gasteiger partial charge in [-0.05, 0) is 38.3 Å². The smallest absolute Gasteiger partial charge is 0.365 e. The summed E-state index contributed by atoms with van der Waals surface area (Å²) in [5.74, 6) is -2.29. The number of hydrogen-bond acceptors (Lipinski definition) is 6. The summed E-state index contributed by atoms with van der Waals surface area (Å²) in [6, 6.07) is -0.586. The number of carbonyl (C=O) groups excluding carboxylic acids is 2. The van der Waals surface area contributed by atoms with Gasteiger partial charge in [-0.2, -0.15) is 36.5 Å². The summed E-state index contributed by atoms with van der Waals surface area (Å²) in [4.78, 5) is 29.0. The fourth-order valence-electron chi connectivity index (χ4n) is 4.48. The average molecular weight is 620 g/mol. The Hall–Kier alpha value is -3.66. The van der Waals surface area contributed by atoms with E-state index in [-0.39, 0.29) is 43.5 Å². The summed E-state index contributed by atoms with van der Waals surface area (Å²) in [5.41, 5.74) is 3.49. The van der Waals surface area contributed by atoms with Gasteiger partial charge in [0.1, 0.15) is 21.4 Å². The molecule has 17 heteroatoms. The van der Waals surface area contributed by atoms with E-state index in [0.717, 1.165) is 10.7 Å². The van der Waals surface area contributed by atoms with Crippen molar-refractivity contribution in [3.8, 4) is 11.1 Å². The largest absolute Gasteiger partial charge is 0.436 e. The van der Waals surface area contributed by atoms with Crippen LogP contribution in [0.4, 0.5) is 32.0 Å². The first-order chi connectivity index (χ1) is 19.0. The molecule has 9 nitrogen and oxygen atoms in total. The van der Waals surface area contributed by atoms with Crippen molar-refractivity contribution >= 4 is 50.7 Å². The number of aryl methyl sites for hydroxylation is 1. The molecule has 2 amide bonds. The van der Waals surface area contributed by atoms with E-state index in [1.54, 1.807) is 14.0 Å². The number of fused-ring (bicyclic) bond motifs is 1. The molecule has 0 aliphatic heterocycles. The Bertz CT molecular complexity index is 1720. The van der Waals surface area contributed by atoms with Gasteiger partial charge in [-0.25, -0.2) is 4.98 Å². The molecule has 0 aromatic carbocycles. The maximum absolute atomic E-state index is 13.8. The lowest BCUT2D eigenvalue weighted by Gasteiger charge is -2.17. The van der Waals surface area contributed by atoms with Crippen LogP contribution in [0.15, 0.2) is 12.3 Å². The predicted molar refractivity (Wildman–Crippen MR) is 138 cm³/mol. The third-order valence-corrected chi connectivity index (χ3v) is 8.29. The van der Waals surface area contributed by atoms with Crippen LogP contribution in [0.5, 0.6) is 0 Å². The van der Waals surface area contributed by atoms with Crippen LogP contribution in [0.1, 0.15) is 64.2 Å². The summed E-state index contributed by atoms with van der Waals surface area (Å²) in [7, 11) is 1.58. The number of nitrogens with one attached hydrogen (secondary N) is 1. The molecule has 5 rings (SSSR count). The van der Waals surface area contributed by atoms with Crippen LogP contribution in [0.2, 0.25) is 5.02 Å². The van der Waals surface area contributed by atoms with E-state index in [0.29, 0.717) is 29.9 Å². The van der Waals surface area contributed by atoms with Crippen LogP contribution in [-0.2, 0) is 24.2 Å². The molecule has 0 saturated heterocycles. The molecule has 0 bridgehead atoms. The van der Waals surface area contributed by atoms with E-state index in [9.17, 15) is 35.9 Å². The summed E-state index contributed by atoms with van der Waals surface area (Å²) in [6.07, 6.45) is -7.28. The highest BCUT2D eigenvalue weighted by Gasteiger charge is 2.43. The van der Waals surface area contributed by atoms with Gasteiger partial charge in [0.25, 0.3) is 5.91 Å². The van der Waals surface area contributed by atoms with Crippen molar-refractivity contribution < 1.29 is 35.9 Å². The minimum Gasteiger partial charge on any atom is -0.365 e. The van der Waals surface area contributed by atoms with E-state index < -0.39 is 46.6 Å². The SMILES string of the molecule is Cc1c(-c2cc(C(F)(F)F)nc3sc(C(N)=O)c(NC(=O)C(C)n4nc(C(F)(F)F)c(Cl)c4C4CC4)c23)cnn1C. The Morgan fingerprint density at radius 1 is 1.17 bits per heavy atom. The van der Waals surface area contributed by atoms with Crippen LogP contribution >= 0.6 is 22.9 Å². The average Bonchev–Trinajstić information content (AvgIpc) is 3.42. The van der Waals surface area contributed by atoms with Crippen molar-refractivity contribution in [1.29, 1.82) is 0 Å². The number of pyridine rings is 1. The van der Waals surface area contributed by atoms with E-state index in [1.807, 2.05) is 0 Å². The first kappa shape index (κ1) is 28.9. The summed E-state index contributed by atoms with van der Waals surface area (Å²) in [6.45, 7) is 2.90. The first-order valence-electron chi connectivity index (χ1n) is 12.0. The molecule has 0 radical (unpaired) electrons. The molecule has 1 aliphatic rings. The molecule has 4 heterocycles. The fraction of sp³-hybridized carbons (Fsp3) is 0.375. The summed E-state index contributed by atoms with van der Waals surface area (Å²) in [5, 5.41) is 9.56. The highest BCUT2D eigenvalue weighted by molar-refractivity contribution is 7.21. The minimum absolute atomic E-state index is 0.00894. The molecule has 218 valence electrons. The number of nitrogens with zero attached hydrogens (tertiary/aromatic N) is 5. The van der Waals surface area contributed by atoms with Gasteiger partial charge in [0.2, 0.25) is 5.91 Å². The van der Waals surface area contributed by atoms with Crippen LogP contribution in [0.3, 0.4) is 0 Å². The Morgan fingerprint density at radius 2 is 1.83 bits per heavy atom. The van der Waals surface area contributed by atoms with E-state index in [4.69, 9.17) is 17.3 Å². The second-order valence-corrected chi connectivity index (χ2v) is 11.0. The van der Waals surface area contributed by atoms with Crippen LogP contribution < -0.4 is 11.1 Å². The van der Waals surface area contributed by atoms with Crippen molar-refractivity contribution in [3.63, 3.8) is 0 Å². The third kappa shape index (κ3) is 5.03. The van der Waals surface area contributed by atoms with Gasteiger partial charge in [0.05, 0.1) is 22.6 Å². The number of primary amides is 1. The standard InChI is InChI=1S/C24H20ClF6N7O2S/c1-8-12(7-33-37(8)3)11-6-13(23(26,27)28)34-22-14(11)16(18(41-22)20(32)39)35-21(40)9(2)38-17(10-4-5-10)15(25)19(36-38)24(29,30)31/h6-7,9-10H,4-5H2,1-3H3,(H2,32,39)(H,35,40). The lowest BCUT2D eigenvalue weighted by Crippen LogP contribution is -2.27. The van der Waals surface area contributed by atoms with Gasteiger partial charge >= 0.3 is 12.4 Å². The number of anilines is 1. The molecule has 4 aromatic heterocycles. The Morgan fingerprint density at radius 3 is 2.34 bits per heavy atom. The van der Waals surface area contributed by atoms with Crippen LogP contribution in [-0.4, -0.2) is 36.4 Å². The maximum atomic E-state index is 13.8. The summed E-state index contributed by atoms with van der Waals surface area (Å²) < 4.78 is 84.3. The minimum atomic E-state index is -4.87. The second kappa shape index (κ2) is 9.72. The van der Waals surface area contributed by atoms with Crippen LogP contribution in [0.25, 0.3) is 21.3 Å². The maximum Gasteiger partial charge on any atom is 0.436 e. The molecular formula is C24H20ClF6N7O2S. The molecule has 3 N–H and O–H groups in total. The number of aromatic nitrogens is 5. The molecule has 1 atom stereocenters. The molecular weight excluding hydrogens is 600 g/mol. The lowest BCUT2D eigenvalue weighted by atomic mass is 10.0. The zero-order valence-electron chi connectivity index (χ0n) is 21.4. The van der Waals surface area contributed by atoms with E-state index in [1.165, 1.54) is 17.8 Å². The van der Waals surface area contributed by atoms with Crippen molar-refractivity contribution in [2.75, 3.05) is 5.32 Å². The number of carbonyl (C=O) groups is 2. The zero-order chi connectivity index (χ0) is 30.2. The van der Waals surface area contributed by atoms with Gasteiger partial charge in [0.15, 0.2) is 5.69 Å². The number of rotatable bonds is 6. The Labute approximate surface area is 236 Å². The third-order valence-electron chi connectivity index (χ3n) is 6.82. The van der Waals surface area contributed by atoms with Crippen molar-refractivity contribution in [2.45, 2.75) is 51.0 Å². The quantitative estimate of drug-likeness (QED) is 0.254. The number of amides is 2. The molecule has 4 aromatic rings. The van der Waals surface area contributed by atoms with E-state index >= 15 is 0 Å². The van der Waals surface area contributed by atoms with Gasteiger partial charge in [-0.3, -0.25) is 19.0 Å². The Kier molecular flexibility index (Phi) is 6.84. The van der Waals surface area contributed by atoms with E-state index in [2.05, 4.69) is 20.5 Å². The van der Waals surface area contributed by atoms with Gasteiger partial charge in [0, 0.05) is 29.6 Å². The molecule has 41 heavy (non-hydrogen) atoms. The number of thiophene rings is 1. The van der Waals surface area contributed by atoms with Crippen LogP contribution in [0, 0.1) is 6.92 Å². The second-order valence-electron chi connectivity index (χ2n) is 9.60. The van der Waals surface area contributed by atoms with Gasteiger partial charge in [-0.15, -0.1) is 11.3 Å². The molecule has 0 spiro atoms. The topological polar surface area (TPSA) is 121 Å². The Balaban J connectivity index is 1.67. The van der Waals surface area contributed by atoms with Crippen molar-refractivity contribution in [2.24, 2.45) is 12.8 Å². The monoisotopic (exact) mass is 619 g/mol. The molecule has 1 saturated carbocycles. The first-order valence-corrected chi connectivity index (χ1v) is 13.2. The molecule has 1 aliphatic carbocycles. The normalized spacial score (nSPS) is 15.0. The number of halogens is 7. The zero-order valence-corrected chi connectivity index (χ0v) is 23.0. The number of hydrogen-bond donors (Lipinski definition) is 2. The molecule has 1 fully saturated rings. The van der Waals surface area contributed by atoms with Gasteiger partial charge < -0.3 is 11.1 Å². The van der Waals surface area contributed by atoms with Gasteiger partial charge in [-0.1, -0.05) is 11.6 Å². The van der Waals surface area contributed by atoms with Crippen molar-refractivity contribution in [3.05, 3.63) is 44.9 Å². The highest BCUT2D eigenvalue weighted by Crippen LogP contribution is 2.48. The number of nitrogens with two attached hydrogens (primary N) is 1. The molecule has 1 unspecified atom stereocenters. The predicted octanol–water partition coefficient (Wildman–Crippen LogP) is 6.07. The lowest BCUT2D eigenvalue weighted by molar-refractivity contribution is -0.142. The summed E-state index contributed by atoms with van der Waals surface area (Å²) >= 11 is 6.58. The fourth-order valence-corrected chi connectivity index (χ4v) is 5.87. The highest BCUT2D eigenvalue weighted by atomic mass is 35.5. The van der Waals surface area contributed by atoms with Crippen molar-refractivity contribution in [1.82, 2.24) is 24.5 Å².